The van der Waals surface area contributed by atoms with Crippen molar-refractivity contribution in [2.75, 3.05) is 0 Å². The van der Waals surface area contributed by atoms with Crippen molar-refractivity contribution in [2.45, 2.75) is 13.3 Å². The third kappa shape index (κ3) is 3.48. The molecule has 0 heterocycles. The summed E-state index contributed by atoms with van der Waals surface area (Å²) < 4.78 is 0. The highest BCUT2D eigenvalue weighted by Crippen LogP contribution is 1.96. The largest absolute Gasteiger partial charge is 0.501 e. The third-order valence-electron chi connectivity index (χ3n) is 1.51. The Morgan fingerprint density at radius 3 is 2.69 bits per heavy atom. The fourth-order valence-corrected chi connectivity index (χ4v) is 0.902. The maximum atomic E-state index is 9.20. The van der Waals surface area contributed by atoms with Crippen molar-refractivity contribution in [3.05, 3.63) is 47.7 Å². The summed E-state index contributed by atoms with van der Waals surface area (Å²) in [5.41, 5.74) is 0.915. The Bertz CT molecular complexity index is 338. The lowest BCUT2D eigenvalue weighted by Crippen LogP contribution is -1.75. The third-order valence-corrected chi connectivity index (χ3v) is 1.51. The summed E-state index contributed by atoms with van der Waals surface area (Å²) in [7, 11) is 0. The van der Waals surface area contributed by atoms with Crippen LogP contribution in [0, 0.1) is 11.8 Å². The number of hydrogen-bond donors (Lipinski definition) is 1. The molecule has 0 radical (unpaired) electrons. The number of allylic oxidation sites excluding steroid dienone is 2. The molecule has 0 fully saturated rings. The van der Waals surface area contributed by atoms with E-state index in [1.54, 1.807) is 6.08 Å². The molecule has 0 aliphatic heterocycles. The quantitative estimate of drug-likeness (QED) is 0.510. The fraction of sp³-hybridized carbons (Fsp3) is 0.167. The molecule has 1 N–H and O–H groups in total. The molecule has 0 saturated carbocycles. The van der Waals surface area contributed by atoms with Gasteiger partial charge >= 0.3 is 0 Å². The number of benzene rings is 1. The maximum Gasteiger partial charge on any atom is 0.163 e. The smallest absolute Gasteiger partial charge is 0.163 e. The maximum absolute atomic E-state index is 9.20. The van der Waals surface area contributed by atoms with Crippen LogP contribution in [0.3, 0.4) is 0 Å². The molecule has 1 aromatic carbocycles. The van der Waals surface area contributed by atoms with Crippen molar-refractivity contribution in [3.8, 4) is 11.8 Å². The molecule has 66 valence electrons. The normalized spacial score (nSPS) is 10.4. The predicted molar refractivity (Wildman–Crippen MR) is 54.3 cm³/mol. The minimum absolute atomic E-state index is 0.145. The second-order valence-electron chi connectivity index (χ2n) is 2.61. The molecule has 13 heavy (non-hydrogen) atoms. The highest BCUT2D eigenvalue weighted by Gasteiger charge is 1.83. The van der Waals surface area contributed by atoms with E-state index in [1.165, 1.54) is 0 Å². The molecule has 0 spiro atoms. The van der Waals surface area contributed by atoms with Crippen molar-refractivity contribution in [2.24, 2.45) is 0 Å². The average Bonchev–Trinajstić information content (AvgIpc) is 2.17. The van der Waals surface area contributed by atoms with Gasteiger partial charge in [-0.3, -0.25) is 0 Å². The molecular weight excluding hydrogens is 160 g/mol. The van der Waals surface area contributed by atoms with Gasteiger partial charge < -0.3 is 5.11 Å². The molecular formula is C12H12O. The van der Waals surface area contributed by atoms with Crippen LogP contribution in [-0.2, 0) is 0 Å². The minimum atomic E-state index is 0.145. The lowest BCUT2D eigenvalue weighted by molar-refractivity contribution is 0.436. The van der Waals surface area contributed by atoms with Crippen molar-refractivity contribution in [3.63, 3.8) is 0 Å². The number of rotatable bonds is 1. The van der Waals surface area contributed by atoms with Crippen LogP contribution in [0.1, 0.15) is 18.9 Å². The van der Waals surface area contributed by atoms with Crippen LogP contribution in [-0.4, -0.2) is 5.11 Å². The van der Waals surface area contributed by atoms with Gasteiger partial charge in [0.15, 0.2) is 5.76 Å². The van der Waals surface area contributed by atoms with Crippen molar-refractivity contribution in [1.29, 1.82) is 0 Å². The first-order valence-electron chi connectivity index (χ1n) is 4.29. The minimum Gasteiger partial charge on any atom is -0.501 e. The van der Waals surface area contributed by atoms with Crippen LogP contribution < -0.4 is 0 Å². The summed E-state index contributed by atoms with van der Waals surface area (Å²) in [6.07, 6.45) is 2.49. The van der Waals surface area contributed by atoms with Gasteiger partial charge in [0.05, 0.1) is 0 Å². The molecule has 0 aliphatic carbocycles. The molecule has 1 nitrogen and oxygen atoms in total. The van der Waals surface area contributed by atoms with Gasteiger partial charge in [-0.25, -0.2) is 0 Å². The first kappa shape index (κ1) is 9.41. The van der Waals surface area contributed by atoms with Gasteiger partial charge in [0.1, 0.15) is 0 Å². The summed E-state index contributed by atoms with van der Waals surface area (Å²) in [6, 6.07) is 9.60. The first-order chi connectivity index (χ1) is 6.33. The number of aliphatic hydroxyl groups is 1. The summed E-state index contributed by atoms with van der Waals surface area (Å²) in [6.45, 7) is 1.96. The van der Waals surface area contributed by atoms with Crippen LogP contribution in [0.5, 0.6) is 0 Å². The van der Waals surface area contributed by atoms with Gasteiger partial charge in [-0.15, -0.1) is 0 Å². The van der Waals surface area contributed by atoms with Crippen LogP contribution >= 0.6 is 0 Å². The Hall–Kier alpha value is -1.68. The summed E-state index contributed by atoms with van der Waals surface area (Å²) >= 11 is 0. The Morgan fingerprint density at radius 2 is 2.08 bits per heavy atom. The van der Waals surface area contributed by atoms with Gasteiger partial charge in [-0.05, 0) is 30.6 Å². The molecule has 0 bridgehead atoms. The molecule has 0 saturated heterocycles. The predicted octanol–water partition coefficient (Wildman–Crippen LogP) is 2.89. The van der Waals surface area contributed by atoms with Crippen molar-refractivity contribution < 1.29 is 5.11 Å². The second kappa shape index (κ2) is 5.05. The Kier molecular flexibility index (Phi) is 3.66. The van der Waals surface area contributed by atoms with Gasteiger partial charge in [0.25, 0.3) is 0 Å². The molecule has 0 amide bonds. The van der Waals surface area contributed by atoms with Gasteiger partial charge in [0.2, 0.25) is 0 Å². The monoisotopic (exact) mass is 172 g/mol. The van der Waals surface area contributed by atoms with E-state index in [-0.39, 0.29) is 5.76 Å². The summed E-state index contributed by atoms with van der Waals surface area (Å²) in [4.78, 5) is 0. The average molecular weight is 172 g/mol. The van der Waals surface area contributed by atoms with Gasteiger partial charge in [-0.1, -0.05) is 31.0 Å². The van der Waals surface area contributed by atoms with Crippen molar-refractivity contribution >= 4 is 0 Å². The van der Waals surface area contributed by atoms with Crippen LogP contribution in [0.15, 0.2) is 42.2 Å². The summed E-state index contributed by atoms with van der Waals surface area (Å²) in [5, 5.41) is 9.20. The van der Waals surface area contributed by atoms with E-state index in [9.17, 15) is 5.11 Å². The summed E-state index contributed by atoms with van der Waals surface area (Å²) in [5.74, 6) is 5.67. The molecule has 1 heteroatoms. The zero-order valence-corrected chi connectivity index (χ0v) is 7.62. The van der Waals surface area contributed by atoms with Crippen molar-refractivity contribution in [1.82, 2.24) is 0 Å². The van der Waals surface area contributed by atoms with E-state index in [1.807, 2.05) is 37.3 Å². The Morgan fingerprint density at radius 1 is 1.38 bits per heavy atom. The lowest BCUT2D eigenvalue weighted by Gasteiger charge is -1.87. The van der Waals surface area contributed by atoms with E-state index in [0.717, 1.165) is 12.0 Å². The molecule has 1 rings (SSSR count). The van der Waals surface area contributed by atoms with Crippen LogP contribution in [0.2, 0.25) is 0 Å². The fourth-order valence-electron chi connectivity index (χ4n) is 0.902. The highest BCUT2D eigenvalue weighted by molar-refractivity contribution is 5.38. The first-order valence-corrected chi connectivity index (χ1v) is 4.29. The van der Waals surface area contributed by atoms with Crippen LogP contribution in [0.25, 0.3) is 0 Å². The number of aliphatic hydroxyl groups excluding tert-OH is 1. The van der Waals surface area contributed by atoms with E-state index in [4.69, 9.17) is 0 Å². The second-order valence-corrected chi connectivity index (χ2v) is 2.61. The van der Waals surface area contributed by atoms with Crippen LogP contribution in [0.4, 0.5) is 0 Å². The van der Waals surface area contributed by atoms with E-state index < -0.39 is 0 Å². The molecule has 0 aliphatic rings. The Balaban J connectivity index is 2.73. The van der Waals surface area contributed by atoms with E-state index >= 15 is 0 Å². The molecule has 0 unspecified atom stereocenters. The SMILES string of the molecule is CC/C=C(\O)C#Cc1ccccc1. The van der Waals surface area contributed by atoms with Gasteiger partial charge in [0, 0.05) is 5.56 Å². The highest BCUT2D eigenvalue weighted by atomic mass is 16.3. The van der Waals surface area contributed by atoms with E-state index in [2.05, 4.69) is 11.8 Å². The molecule has 0 aromatic heterocycles. The van der Waals surface area contributed by atoms with E-state index in [0.29, 0.717) is 0 Å². The topological polar surface area (TPSA) is 20.2 Å². The zero-order chi connectivity index (χ0) is 9.52. The molecule has 0 atom stereocenters. The lowest BCUT2D eigenvalue weighted by atomic mass is 10.2. The van der Waals surface area contributed by atoms with Gasteiger partial charge in [-0.2, -0.15) is 0 Å². The number of hydrogen-bond acceptors (Lipinski definition) is 1. The standard InChI is InChI=1S/C12H12O/c1-2-6-12(13)10-9-11-7-4-3-5-8-11/h3-8,13H,2H2,1H3/b12-6-. The zero-order valence-electron chi connectivity index (χ0n) is 7.62. The molecule has 1 aromatic rings. The Labute approximate surface area is 78.7 Å².